The molecule has 70 valence electrons. The number of rotatable bonds is 1. The van der Waals surface area contributed by atoms with Gasteiger partial charge in [0.1, 0.15) is 0 Å². The van der Waals surface area contributed by atoms with Crippen LogP contribution < -0.4 is 0 Å². The molecule has 0 aromatic heterocycles. The van der Waals surface area contributed by atoms with Gasteiger partial charge >= 0.3 is 5.97 Å². The van der Waals surface area contributed by atoms with Crippen molar-refractivity contribution in [1.82, 2.24) is 0 Å². The molecule has 3 heteroatoms. The van der Waals surface area contributed by atoms with Crippen LogP contribution in [0.4, 0.5) is 0 Å². The fourth-order valence-electron chi connectivity index (χ4n) is 1.41. The predicted molar refractivity (Wildman–Crippen MR) is 60.8 cm³/mol. The lowest BCUT2D eigenvalue weighted by Crippen LogP contribution is -1.96. The first kappa shape index (κ1) is 10.8. The van der Waals surface area contributed by atoms with Crippen LogP contribution in [0.3, 0.4) is 0 Å². The van der Waals surface area contributed by atoms with Crippen molar-refractivity contribution in [3.8, 4) is 0 Å². The lowest BCUT2D eigenvalue weighted by atomic mass is 10.1. The maximum Gasteiger partial charge on any atom is 0.336 e. The molecule has 0 amide bonds. The average molecular weight is 202 g/mol. The van der Waals surface area contributed by atoms with E-state index in [1.54, 1.807) is 12.1 Å². The molecule has 2 aromatic rings. The number of carbonyl (C=O) groups is 1. The lowest BCUT2D eigenvalue weighted by molar-refractivity contribution is 0.0699. The van der Waals surface area contributed by atoms with Crippen LogP contribution >= 0.6 is 0 Å². The molecule has 0 aliphatic carbocycles. The third-order valence-electron chi connectivity index (χ3n) is 2.02. The van der Waals surface area contributed by atoms with Crippen LogP contribution in [-0.2, 0) is 0 Å². The van der Waals surface area contributed by atoms with Gasteiger partial charge in [-0.2, -0.15) is 0 Å². The normalized spacial score (nSPS) is 9.43. The summed E-state index contributed by atoms with van der Waals surface area (Å²) in [6, 6.07) is 12.7. The van der Waals surface area contributed by atoms with Crippen molar-refractivity contribution in [3.63, 3.8) is 0 Å². The van der Waals surface area contributed by atoms with Crippen molar-refractivity contribution >= 4 is 34.1 Å². The fourth-order valence-corrected chi connectivity index (χ4v) is 1.41. The Bertz CT molecular complexity index is 460. The molecular formula is C11H11AlO2. The molecule has 0 aliphatic rings. The van der Waals surface area contributed by atoms with E-state index < -0.39 is 5.97 Å². The summed E-state index contributed by atoms with van der Waals surface area (Å²) in [7, 11) is 0. The van der Waals surface area contributed by atoms with E-state index in [-0.39, 0.29) is 17.4 Å². The number of hydrogen-bond donors (Lipinski definition) is 1. The van der Waals surface area contributed by atoms with E-state index in [0.29, 0.717) is 5.56 Å². The molecule has 0 unspecified atom stereocenters. The summed E-state index contributed by atoms with van der Waals surface area (Å²) in [6.07, 6.45) is 0. The van der Waals surface area contributed by atoms with Gasteiger partial charge in [0, 0.05) is 0 Å². The smallest absolute Gasteiger partial charge is 0.336 e. The molecule has 0 atom stereocenters. The SMILES string of the molecule is O=C(O)c1cccc2ccccc12.[AlH3]. The van der Waals surface area contributed by atoms with Crippen LogP contribution in [0.1, 0.15) is 10.4 Å². The van der Waals surface area contributed by atoms with Crippen LogP contribution in [0, 0.1) is 0 Å². The zero-order chi connectivity index (χ0) is 9.26. The summed E-state index contributed by atoms with van der Waals surface area (Å²) in [4.78, 5) is 10.8. The Balaban J connectivity index is 0.000000980. The Kier molecular flexibility index (Phi) is 3.29. The summed E-state index contributed by atoms with van der Waals surface area (Å²) >= 11 is 0. The Morgan fingerprint density at radius 3 is 2.36 bits per heavy atom. The maximum absolute atomic E-state index is 10.8. The van der Waals surface area contributed by atoms with Crippen molar-refractivity contribution in [2.45, 2.75) is 0 Å². The molecule has 14 heavy (non-hydrogen) atoms. The molecule has 2 aromatic carbocycles. The van der Waals surface area contributed by atoms with E-state index in [0.717, 1.165) is 10.8 Å². The quantitative estimate of drug-likeness (QED) is 0.709. The zero-order valence-corrected chi connectivity index (χ0v) is 6.90. The summed E-state index contributed by atoms with van der Waals surface area (Å²) in [5.41, 5.74) is 0.359. The molecule has 1 N–H and O–H groups in total. The first-order chi connectivity index (χ1) is 6.29. The molecule has 0 heterocycles. The second-order valence-corrected chi connectivity index (χ2v) is 2.83. The molecule has 0 saturated heterocycles. The summed E-state index contributed by atoms with van der Waals surface area (Å²) in [5, 5.41) is 10.6. The van der Waals surface area contributed by atoms with E-state index in [1.807, 2.05) is 30.3 Å². The third kappa shape index (κ3) is 1.79. The van der Waals surface area contributed by atoms with Gasteiger partial charge in [0.25, 0.3) is 0 Å². The molecule has 2 nitrogen and oxygen atoms in total. The Hall–Kier alpha value is -1.30. The van der Waals surface area contributed by atoms with Crippen molar-refractivity contribution in [3.05, 3.63) is 48.0 Å². The van der Waals surface area contributed by atoms with Crippen LogP contribution in [0.2, 0.25) is 0 Å². The van der Waals surface area contributed by atoms with Gasteiger partial charge in [0.05, 0.1) is 5.56 Å². The van der Waals surface area contributed by atoms with Crippen LogP contribution in [-0.4, -0.2) is 28.4 Å². The zero-order valence-electron chi connectivity index (χ0n) is 6.90. The standard InChI is InChI=1S/C11H8O2.Al.3H/c12-11(13)10-7-3-5-8-4-1-2-6-9(8)10;;;;/h1-7H,(H,12,13);;;;. The average Bonchev–Trinajstić information content (AvgIpc) is 2.17. The highest BCUT2D eigenvalue weighted by molar-refractivity contribution is 6.03. The Morgan fingerprint density at radius 1 is 1.00 bits per heavy atom. The van der Waals surface area contributed by atoms with E-state index in [4.69, 9.17) is 5.11 Å². The van der Waals surface area contributed by atoms with Gasteiger partial charge in [-0.05, 0) is 16.8 Å². The van der Waals surface area contributed by atoms with Gasteiger partial charge in [-0.1, -0.05) is 36.4 Å². The maximum atomic E-state index is 10.8. The molecule has 0 aliphatic heterocycles. The second-order valence-electron chi connectivity index (χ2n) is 2.83. The Morgan fingerprint density at radius 2 is 1.64 bits per heavy atom. The molecule has 0 saturated carbocycles. The first-order valence-corrected chi connectivity index (χ1v) is 4.00. The van der Waals surface area contributed by atoms with Crippen LogP contribution in [0.5, 0.6) is 0 Å². The summed E-state index contributed by atoms with van der Waals surface area (Å²) < 4.78 is 0. The predicted octanol–water partition coefficient (Wildman–Crippen LogP) is 1.35. The van der Waals surface area contributed by atoms with Crippen LogP contribution in [0.15, 0.2) is 42.5 Å². The Labute approximate surface area is 92.3 Å². The minimum atomic E-state index is -0.878. The summed E-state index contributed by atoms with van der Waals surface area (Å²) in [6.45, 7) is 0. The molecule has 0 radical (unpaired) electrons. The highest BCUT2D eigenvalue weighted by Gasteiger charge is 2.05. The van der Waals surface area contributed by atoms with Crippen molar-refractivity contribution in [2.75, 3.05) is 0 Å². The fraction of sp³-hybridized carbons (Fsp3) is 0. The third-order valence-corrected chi connectivity index (χ3v) is 2.02. The molecule has 0 fully saturated rings. The van der Waals surface area contributed by atoms with Crippen LogP contribution in [0.25, 0.3) is 10.8 Å². The van der Waals surface area contributed by atoms with Gasteiger partial charge in [-0.3, -0.25) is 0 Å². The van der Waals surface area contributed by atoms with Crippen molar-refractivity contribution in [1.29, 1.82) is 0 Å². The first-order valence-electron chi connectivity index (χ1n) is 4.00. The van der Waals surface area contributed by atoms with Gasteiger partial charge in [-0.25, -0.2) is 4.79 Å². The number of carboxylic acid groups (broad SMARTS) is 1. The molecule has 0 spiro atoms. The summed E-state index contributed by atoms with van der Waals surface area (Å²) in [5.74, 6) is -0.878. The minimum absolute atomic E-state index is 0. The van der Waals surface area contributed by atoms with Gasteiger partial charge in [0.15, 0.2) is 17.4 Å². The number of hydrogen-bond acceptors (Lipinski definition) is 1. The number of fused-ring (bicyclic) bond motifs is 1. The highest BCUT2D eigenvalue weighted by atomic mass is 27.0. The highest BCUT2D eigenvalue weighted by Crippen LogP contribution is 2.17. The van der Waals surface area contributed by atoms with Gasteiger partial charge in [0.2, 0.25) is 0 Å². The number of benzene rings is 2. The molecule has 0 bridgehead atoms. The minimum Gasteiger partial charge on any atom is -0.478 e. The monoisotopic (exact) mass is 202 g/mol. The lowest BCUT2D eigenvalue weighted by Gasteiger charge is -2.00. The largest absolute Gasteiger partial charge is 0.478 e. The van der Waals surface area contributed by atoms with Crippen molar-refractivity contribution in [2.24, 2.45) is 0 Å². The van der Waals surface area contributed by atoms with E-state index in [2.05, 4.69) is 0 Å². The number of carboxylic acids is 1. The topological polar surface area (TPSA) is 37.3 Å². The second kappa shape index (κ2) is 4.28. The van der Waals surface area contributed by atoms with E-state index in [1.165, 1.54) is 0 Å². The van der Waals surface area contributed by atoms with E-state index in [9.17, 15) is 4.79 Å². The van der Waals surface area contributed by atoms with Crippen molar-refractivity contribution < 1.29 is 9.90 Å². The molecular weight excluding hydrogens is 191 g/mol. The van der Waals surface area contributed by atoms with E-state index >= 15 is 0 Å². The number of aromatic carboxylic acids is 1. The van der Waals surface area contributed by atoms with Gasteiger partial charge in [-0.15, -0.1) is 0 Å². The van der Waals surface area contributed by atoms with Gasteiger partial charge < -0.3 is 5.11 Å². The molecule has 2 rings (SSSR count).